The molecule has 5 heteroatoms. The van der Waals surface area contributed by atoms with E-state index in [1.807, 2.05) is 24.3 Å². The molecule has 0 aromatic heterocycles. The van der Waals surface area contributed by atoms with Crippen molar-refractivity contribution in [1.29, 1.82) is 0 Å². The average molecular weight is 347 g/mol. The molecule has 0 atom stereocenters. The Bertz CT molecular complexity index is 1000. The summed E-state index contributed by atoms with van der Waals surface area (Å²) in [5.74, 6) is 1.63. The van der Waals surface area contributed by atoms with Gasteiger partial charge in [-0.25, -0.2) is 4.99 Å². The van der Waals surface area contributed by atoms with Crippen LogP contribution < -0.4 is 20.5 Å². The van der Waals surface area contributed by atoms with Crippen LogP contribution in [-0.4, -0.2) is 20.2 Å². The number of aryl methyl sites for hydroxylation is 2. The lowest BCUT2D eigenvalue weighted by atomic mass is 10.0. The van der Waals surface area contributed by atoms with Crippen LogP contribution in [0.15, 0.2) is 53.5 Å². The first-order valence-electron chi connectivity index (χ1n) is 8.56. The number of nitrogens with zero attached hydrogens (tertiary/aromatic N) is 1. The predicted molar refractivity (Wildman–Crippen MR) is 106 cm³/mol. The highest BCUT2D eigenvalue weighted by molar-refractivity contribution is 6.02. The zero-order valence-electron chi connectivity index (χ0n) is 14.9. The van der Waals surface area contributed by atoms with Gasteiger partial charge >= 0.3 is 0 Å². The number of nitrogens with one attached hydrogen (secondary N) is 1. The lowest BCUT2D eigenvalue weighted by molar-refractivity contribution is 0.355. The van der Waals surface area contributed by atoms with Crippen molar-refractivity contribution < 1.29 is 9.47 Å². The van der Waals surface area contributed by atoms with E-state index in [-0.39, 0.29) is 0 Å². The summed E-state index contributed by atoms with van der Waals surface area (Å²) >= 11 is 0. The molecule has 3 aromatic carbocycles. The number of hydrogen-bond donors (Lipinski definition) is 2. The second-order valence-corrected chi connectivity index (χ2v) is 6.28. The molecule has 0 bridgehead atoms. The zero-order valence-corrected chi connectivity index (χ0v) is 14.9. The highest BCUT2D eigenvalue weighted by Gasteiger charge is 2.15. The van der Waals surface area contributed by atoms with E-state index >= 15 is 0 Å². The first kappa shape index (κ1) is 16.3. The highest BCUT2D eigenvalue weighted by Crippen LogP contribution is 2.36. The summed E-state index contributed by atoms with van der Waals surface area (Å²) in [6, 6.07) is 16.1. The number of aliphatic imine (C=N–C) groups is 1. The van der Waals surface area contributed by atoms with Crippen molar-refractivity contribution in [2.24, 2.45) is 10.7 Å². The largest absolute Gasteiger partial charge is 0.493 e. The number of rotatable bonds is 4. The van der Waals surface area contributed by atoms with Crippen LogP contribution in [-0.2, 0) is 12.8 Å². The maximum atomic E-state index is 6.15. The fourth-order valence-corrected chi connectivity index (χ4v) is 3.55. The topological polar surface area (TPSA) is 68.9 Å². The molecule has 3 N–H and O–H groups in total. The average Bonchev–Trinajstić information content (AvgIpc) is 3.08. The van der Waals surface area contributed by atoms with Gasteiger partial charge in [0.05, 0.1) is 19.9 Å². The first-order chi connectivity index (χ1) is 12.7. The van der Waals surface area contributed by atoms with Gasteiger partial charge in [0, 0.05) is 17.1 Å². The molecule has 0 fully saturated rings. The summed E-state index contributed by atoms with van der Waals surface area (Å²) in [4.78, 5) is 4.60. The molecule has 0 aliphatic heterocycles. The summed E-state index contributed by atoms with van der Waals surface area (Å²) in [6.07, 6.45) is 2.19. The fourth-order valence-electron chi connectivity index (χ4n) is 3.55. The standard InChI is InChI=1S/C21H21N3O2/c1-25-18-11-9-15(12-19(18)26-2)23-21(22)24-17-10-8-14-7-6-13-4-3-5-16(17)20(13)14/h3-5,8-12H,6-7H2,1-2H3,(H3,22,23,24). The van der Waals surface area contributed by atoms with Gasteiger partial charge in [-0.3, -0.25) is 0 Å². The van der Waals surface area contributed by atoms with Crippen LogP contribution in [0.2, 0.25) is 0 Å². The molecule has 0 saturated heterocycles. The molecule has 4 rings (SSSR count). The van der Waals surface area contributed by atoms with E-state index < -0.39 is 0 Å². The van der Waals surface area contributed by atoms with Crippen LogP contribution in [0.5, 0.6) is 11.5 Å². The van der Waals surface area contributed by atoms with E-state index in [1.54, 1.807) is 14.2 Å². The third-order valence-corrected chi connectivity index (χ3v) is 4.75. The van der Waals surface area contributed by atoms with Crippen molar-refractivity contribution in [3.05, 3.63) is 59.7 Å². The summed E-state index contributed by atoms with van der Waals surface area (Å²) < 4.78 is 10.6. The van der Waals surface area contributed by atoms with Gasteiger partial charge in [0.25, 0.3) is 0 Å². The number of ether oxygens (including phenoxy) is 2. The Hall–Kier alpha value is -3.21. The van der Waals surface area contributed by atoms with Gasteiger partial charge in [0.2, 0.25) is 0 Å². The normalized spacial score (nSPS) is 13.1. The molecule has 26 heavy (non-hydrogen) atoms. The Morgan fingerprint density at radius 3 is 2.50 bits per heavy atom. The lowest BCUT2D eigenvalue weighted by Gasteiger charge is -2.11. The third kappa shape index (κ3) is 2.81. The number of anilines is 1. The first-order valence-corrected chi connectivity index (χ1v) is 8.56. The van der Waals surface area contributed by atoms with E-state index in [0.29, 0.717) is 17.5 Å². The Balaban J connectivity index is 1.66. The van der Waals surface area contributed by atoms with Crippen LogP contribution in [0.1, 0.15) is 11.1 Å². The van der Waals surface area contributed by atoms with E-state index in [2.05, 4.69) is 34.6 Å². The number of hydrogen-bond acceptors (Lipinski definition) is 3. The smallest absolute Gasteiger partial charge is 0.198 e. The van der Waals surface area contributed by atoms with Crippen molar-refractivity contribution in [3.63, 3.8) is 0 Å². The molecule has 1 aliphatic rings. The van der Waals surface area contributed by atoms with Crippen molar-refractivity contribution in [1.82, 2.24) is 0 Å². The minimum atomic E-state index is 0.330. The van der Waals surface area contributed by atoms with E-state index in [0.717, 1.165) is 29.6 Å². The van der Waals surface area contributed by atoms with Gasteiger partial charge in [-0.1, -0.05) is 24.3 Å². The highest BCUT2D eigenvalue weighted by atomic mass is 16.5. The fraction of sp³-hybridized carbons (Fsp3) is 0.190. The van der Waals surface area contributed by atoms with Crippen LogP contribution >= 0.6 is 0 Å². The maximum Gasteiger partial charge on any atom is 0.198 e. The second kappa shape index (κ2) is 6.59. The van der Waals surface area contributed by atoms with Gasteiger partial charge in [-0.15, -0.1) is 0 Å². The van der Waals surface area contributed by atoms with Crippen LogP contribution in [0.3, 0.4) is 0 Å². The summed E-state index contributed by atoms with van der Waals surface area (Å²) in [6.45, 7) is 0. The lowest BCUT2D eigenvalue weighted by Crippen LogP contribution is -2.22. The number of nitrogens with two attached hydrogens (primary N) is 1. The Morgan fingerprint density at radius 1 is 0.962 bits per heavy atom. The summed E-state index contributed by atoms with van der Waals surface area (Å²) in [5.41, 5.74) is 10.6. The van der Waals surface area contributed by atoms with Crippen molar-refractivity contribution in [3.8, 4) is 11.5 Å². The SMILES string of the molecule is COc1ccc(NC(N)=Nc2ccc3c4c(cccc24)CC3)cc1OC. The monoisotopic (exact) mass is 347 g/mol. The van der Waals surface area contributed by atoms with Crippen molar-refractivity contribution in [2.45, 2.75) is 12.8 Å². The molecule has 132 valence electrons. The van der Waals surface area contributed by atoms with E-state index in [9.17, 15) is 0 Å². The Labute approximate surface area is 152 Å². The number of methoxy groups -OCH3 is 2. The molecule has 3 aromatic rings. The Morgan fingerprint density at radius 2 is 1.73 bits per heavy atom. The summed E-state index contributed by atoms with van der Waals surface area (Å²) in [7, 11) is 3.21. The van der Waals surface area contributed by atoms with Crippen molar-refractivity contribution in [2.75, 3.05) is 19.5 Å². The minimum Gasteiger partial charge on any atom is -0.493 e. The van der Waals surface area contributed by atoms with Gasteiger partial charge in [0.15, 0.2) is 17.5 Å². The van der Waals surface area contributed by atoms with Crippen molar-refractivity contribution >= 4 is 28.1 Å². The molecule has 1 aliphatic carbocycles. The second-order valence-electron chi connectivity index (χ2n) is 6.28. The molecule has 0 radical (unpaired) electrons. The molecule has 0 spiro atoms. The molecule has 0 unspecified atom stereocenters. The predicted octanol–water partition coefficient (Wildman–Crippen LogP) is 4.01. The number of guanidine groups is 1. The molecular formula is C21H21N3O2. The van der Waals surface area contributed by atoms with Gasteiger partial charge in [0.1, 0.15) is 0 Å². The quantitative estimate of drug-likeness (QED) is 0.553. The zero-order chi connectivity index (χ0) is 18.1. The van der Waals surface area contributed by atoms with Gasteiger partial charge in [-0.05, 0) is 47.6 Å². The molecular weight excluding hydrogens is 326 g/mol. The maximum absolute atomic E-state index is 6.15. The molecule has 0 amide bonds. The third-order valence-electron chi connectivity index (χ3n) is 4.75. The Kier molecular flexibility index (Phi) is 4.13. The molecule has 0 saturated carbocycles. The van der Waals surface area contributed by atoms with Crippen LogP contribution in [0, 0.1) is 0 Å². The van der Waals surface area contributed by atoms with Gasteiger partial charge in [-0.2, -0.15) is 0 Å². The van der Waals surface area contributed by atoms with E-state index in [4.69, 9.17) is 15.2 Å². The van der Waals surface area contributed by atoms with Crippen LogP contribution in [0.4, 0.5) is 11.4 Å². The molecule has 0 heterocycles. The summed E-state index contributed by atoms with van der Waals surface area (Å²) in [5, 5.41) is 5.59. The minimum absolute atomic E-state index is 0.330. The van der Waals surface area contributed by atoms with Gasteiger partial charge < -0.3 is 20.5 Å². The number of benzene rings is 3. The molecule has 5 nitrogen and oxygen atoms in total. The van der Waals surface area contributed by atoms with Crippen LogP contribution in [0.25, 0.3) is 10.8 Å². The van der Waals surface area contributed by atoms with E-state index in [1.165, 1.54) is 16.5 Å².